The van der Waals surface area contributed by atoms with Crippen LogP contribution in [0.3, 0.4) is 0 Å². The predicted octanol–water partition coefficient (Wildman–Crippen LogP) is 2.51. The van der Waals surface area contributed by atoms with Crippen LogP contribution in [-0.4, -0.2) is 29.0 Å². The number of anilines is 1. The Labute approximate surface area is 119 Å². The second kappa shape index (κ2) is 5.44. The standard InChI is InChI=1S/C16H22N2O2/c1-11-6-8-18(9-7-11)10-13-12-2-5-16(20)17-14(12)3-4-15(13)19/h3-4,11,19H,2,5-10H2,1H3,(H,17,20). The molecule has 2 aliphatic heterocycles. The zero-order valence-corrected chi connectivity index (χ0v) is 12.0. The highest BCUT2D eigenvalue weighted by molar-refractivity contribution is 5.94. The lowest BCUT2D eigenvalue weighted by Crippen LogP contribution is -2.33. The number of hydrogen-bond acceptors (Lipinski definition) is 3. The third kappa shape index (κ3) is 2.66. The summed E-state index contributed by atoms with van der Waals surface area (Å²) < 4.78 is 0. The smallest absolute Gasteiger partial charge is 0.224 e. The monoisotopic (exact) mass is 274 g/mol. The molecule has 4 nitrogen and oxygen atoms in total. The average Bonchev–Trinajstić information content (AvgIpc) is 2.44. The summed E-state index contributed by atoms with van der Waals surface area (Å²) in [5.74, 6) is 1.24. The summed E-state index contributed by atoms with van der Waals surface area (Å²) in [6, 6.07) is 3.51. The summed E-state index contributed by atoms with van der Waals surface area (Å²) in [5.41, 5.74) is 2.99. The molecule has 1 aromatic rings. The van der Waals surface area contributed by atoms with Gasteiger partial charge >= 0.3 is 0 Å². The molecule has 4 heteroatoms. The van der Waals surface area contributed by atoms with Gasteiger partial charge < -0.3 is 10.4 Å². The van der Waals surface area contributed by atoms with Crippen molar-refractivity contribution < 1.29 is 9.90 Å². The van der Waals surface area contributed by atoms with Gasteiger partial charge in [-0.15, -0.1) is 0 Å². The highest BCUT2D eigenvalue weighted by atomic mass is 16.3. The van der Waals surface area contributed by atoms with Crippen molar-refractivity contribution >= 4 is 11.6 Å². The average molecular weight is 274 g/mol. The Bertz CT molecular complexity index is 519. The molecule has 0 atom stereocenters. The number of piperidine rings is 1. The Morgan fingerprint density at radius 2 is 2.05 bits per heavy atom. The molecule has 0 saturated carbocycles. The van der Waals surface area contributed by atoms with Crippen LogP contribution < -0.4 is 5.32 Å². The van der Waals surface area contributed by atoms with E-state index in [0.29, 0.717) is 12.2 Å². The maximum atomic E-state index is 11.5. The fraction of sp³-hybridized carbons (Fsp3) is 0.562. The highest BCUT2D eigenvalue weighted by Crippen LogP contribution is 2.33. The molecule has 1 fully saturated rings. The van der Waals surface area contributed by atoms with Gasteiger partial charge in [0.25, 0.3) is 0 Å². The molecule has 3 rings (SSSR count). The summed E-state index contributed by atoms with van der Waals surface area (Å²) in [5, 5.41) is 13.1. The van der Waals surface area contributed by atoms with Crippen LogP contribution in [0, 0.1) is 5.92 Å². The summed E-state index contributed by atoms with van der Waals surface area (Å²) in [6.45, 7) is 5.28. The number of carbonyl (C=O) groups is 1. The summed E-state index contributed by atoms with van der Waals surface area (Å²) in [4.78, 5) is 13.9. The molecule has 0 radical (unpaired) electrons. The number of aromatic hydroxyl groups is 1. The van der Waals surface area contributed by atoms with E-state index in [9.17, 15) is 9.90 Å². The van der Waals surface area contributed by atoms with Crippen molar-refractivity contribution in [2.24, 2.45) is 5.92 Å². The number of phenols is 1. The van der Waals surface area contributed by atoms with Crippen LogP contribution in [0.2, 0.25) is 0 Å². The van der Waals surface area contributed by atoms with Gasteiger partial charge in [-0.05, 0) is 56.0 Å². The third-order valence-electron chi connectivity index (χ3n) is 4.54. The Kier molecular flexibility index (Phi) is 3.66. The van der Waals surface area contributed by atoms with Crippen molar-refractivity contribution in [2.45, 2.75) is 39.2 Å². The highest BCUT2D eigenvalue weighted by Gasteiger charge is 2.23. The number of nitrogens with zero attached hydrogens (tertiary/aromatic N) is 1. The molecule has 0 aromatic heterocycles. The summed E-state index contributed by atoms with van der Waals surface area (Å²) in [6.07, 6.45) is 3.70. The van der Waals surface area contributed by atoms with E-state index in [1.807, 2.05) is 6.07 Å². The molecular formula is C16H22N2O2. The molecule has 2 heterocycles. The number of nitrogens with one attached hydrogen (secondary N) is 1. The van der Waals surface area contributed by atoms with Gasteiger partial charge in [0.1, 0.15) is 5.75 Å². The first-order valence-electron chi connectivity index (χ1n) is 7.49. The zero-order valence-electron chi connectivity index (χ0n) is 12.0. The van der Waals surface area contributed by atoms with Crippen molar-refractivity contribution in [2.75, 3.05) is 18.4 Å². The van der Waals surface area contributed by atoms with Gasteiger partial charge in [-0.3, -0.25) is 9.69 Å². The predicted molar refractivity (Wildman–Crippen MR) is 78.7 cm³/mol. The van der Waals surface area contributed by atoms with Gasteiger partial charge in [0.2, 0.25) is 5.91 Å². The first-order valence-corrected chi connectivity index (χ1v) is 7.49. The number of benzene rings is 1. The van der Waals surface area contributed by atoms with Gasteiger partial charge in [0.05, 0.1) is 0 Å². The van der Waals surface area contributed by atoms with Gasteiger partial charge in [0.15, 0.2) is 0 Å². The third-order valence-corrected chi connectivity index (χ3v) is 4.54. The zero-order chi connectivity index (χ0) is 14.1. The minimum absolute atomic E-state index is 0.0703. The number of likely N-dealkylation sites (tertiary alicyclic amines) is 1. The van der Waals surface area contributed by atoms with E-state index in [1.165, 1.54) is 12.8 Å². The first kappa shape index (κ1) is 13.4. The van der Waals surface area contributed by atoms with Crippen LogP contribution in [0.1, 0.15) is 37.3 Å². The maximum Gasteiger partial charge on any atom is 0.224 e. The fourth-order valence-corrected chi connectivity index (χ4v) is 3.15. The van der Waals surface area contributed by atoms with Gasteiger partial charge in [-0.2, -0.15) is 0 Å². The normalized spacial score (nSPS) is 20.6. The van der Waals surface area contributed by atoms with Crippen molar-refractivity contribution in [1.82, 2.24) is 4.90 Å². The van der Waals surface area contributed by atoms with Crippen LogP contribution in [0.15, 0.2) is 12.1 Å². The van der Waals surface area contributed by atoms with Gasteiger partial charge in [-0.1, -0.05) is 6.92 Å². The topological polar surface area (TPSA) is 52.6 Å². The van der Waals surface area contributed by atoms with Crippen molar-refractivity contribution in [3.05, 3.63) is 23.3 Å². The van der Waals surface area contributed by atoms with E-state index < -0.39 is 0 Å². The minimum Gasteiger partial charge on any atom is -0.508 e. The lowest BCUT2D eigenvalue weighted by Gasteiger charge is -2.31. The first-order chi connectivity index (χ1) is 9.63. The molecule has 2 N–H and O–H groups in total. The molecule has 1 amide bonds. The van der Waals surface area contributed by atoms with E-state index in [4.69, 9.17) is 0 Å². The number of rotatable bonds is 2. The Hall–Kier alpha value is -1.55. The van der Waals surface area contributed by atoms with E-state index in [2.05, 4.69) is 17.1 Å². The van der Waals surface area contributed by atoms with Crippen molar-refractivity contribution in [1.29, 1.82) is 0 Å². The van der Waals surface area contributed by atoms with Crippen LogP contribution in [0.25, 0.3) is 0 Å². The minimum atomic E-state index is 0.0703. The van der Waals surface area contributed by atoms with Crippen LogP contribution >= 0.6 is 0 Å². The number of phenolic OH excluding ortho intramolecular Hbond substituents is 1. The second-order valence-electron chi connectivity index (χ2n) is 6.10. The Balaban J connectivity index is 1.82. The van der Waals surface area contributed by atoms with Crippen molar-refractivity contribution in [3.8, 4) is 5.75 Å². The summed E-state index contributed by atoms with van der Waals surface area (Å²) >= 11 is 0. The quantitative estimate of drug-likeness (QED) is 0.815. The SMILES string of the molecule is CC1CCN(Cc2c(O)ccc3c2CCC(=O)N3)CC1. The van der Waals surface area contributed by atoms with Crippen LogP contribution in [0.4, 0.5) is 5.69 Å². The fourth-order valence-electron chi connectivity index (χ4n) is 3.15. The number of fused-ring (bicyclic) bond motifs is 1. The van der Waals surface area contributed by atoms with E-state index in [-0.39, 0.29) is 5.91 Å². The Morgan fingerprint density at radius 3 is 2.80 bits per heavy atom. The molecule has 1 aromatic carbocycles. The molecule has 1 saturated heterocycles. The van der Waals surface area contributed by atoms with E-state index in [0.717, 1.165) is 48.8 Å². The van der Waals surface area contributed by atoms with E-state index in [1.54, 1.807) is 6.07 Å². The van der Waals surface area contributed by atoms with E-state index >= 15 is 0 Å². The molecule has 0 spiro atoms. The Morgan fingerprint density at radius 1 is 1.30 bits per heavy atom. The largest absolute Gasteiger partial charge is 0.508 e. The second-order valence-corrected chi connectivity index (χ2v) is 6.10. The molecule has 20 heavy (non-hydrogen) atoms. The molecule has 2 aliphatic rings. The lowest BCUT2D eigenvalue weighted by molar-refractivity contribution is -0.116. The summed E-state index contributed by atoms with van der Waals surface area (Å²) in [7, 11) is 0. The van der Waals surface area contributed by atoms with Crippen LogP contribution in [-0.2, 0) is 17.8 Å². The lowest BCUT2D eigenvalue weighted by atomic mass is 9.94. The molecule has 0 bridgehead atoms. The number of amides is 1. The molecular weight excluding hydrogens is 252 g/mol. The maximum absolute atomic E-state index is 11.5. The number of hydrogen-bond donors (Lipinski definition) is 2. The van der Waals surface area contributed by atoms with Gasteiger partial charge in [0, 0.05) is 24.2 Å². The molecule has 0 aliphatic carbocycles. The van der Waals surface area contributed by atoms with Crippen molar-refractivity contribution in [3.63, 3.8) is 0 Å². The van der Waals surface area contributed by atoms with Gasteiger partial charge in [-0.25, -0.2) is 0 Å². The number of carbonyl (C=O) groups excluding carboxylic acids is 1. The molecule has 108 valence electrons. The van der Waals surface area contributed by atoms with Crippen LogP contribution in [0.5, 0.6) is 5.75 Å². The molecule has 0 unspecified atom stereocenters.